The second-order valence-electron chi connectivity index (χ2n) is 13.3. The van der Waals surface area contributed by atoms with Gasteiger partial charge in [0.25, 0.3) is 0 Å². The van der Waals surface area contributed by atoms with Crippen LogP contribution in [0.15, 0.2) is 57.9 Å². The summed E-state index contributed by atoms with van der Waals surface area (Å²) in [6.07, 6.45) is 2.88. The third-order valence-corrected chi connectivity index (χ3v) is 9.77. The maximum Gasteiger partial charge on any atom is 0.407 e. The molecule has 0 unspecified atom stereocenters. The van der Waals surface area contributed by atoms with Crippen LogP contribution in [0.1, 0.15) is 59.4 Å². The van der Waals surface area contributed by atoms with Gasteiger partial charge in [-0.1, -0.05) is 31.2 Å². The van der Waals surface area contributed by atoms with E-state index in [0.717, 1.165) is 17.5 Å². The van der Waals surface area contributed by atoms with Gasteiger partial charge < -0.3 is 31.3 Å². The van der Waals surface area contributed by atoms with Crippen molar-refractivity contribution in [3.63, 3.8) is 0 Å². The van der Waals surface area contributed by atoms with Crippen LogP contribution in [-0.4, -0.2) is 92.9 Å². The summed E-state index contributed by atoms with van der Waals surface area (Å²) in [4.78, 5) is 43.9. The monoisotopic (exact) mass is 695 g/mol. The third-order valence-electron chi connectivity index (χ3n) is 7.94. The first-order chi connectivity index (χ1) is 23.2. The molecule has 0 spiro atoms. The zero-order chi connectivity index (χ0) is 35.8. The molecule has 2 aromatic rings. The first kappa shape index (κ1) is 37.4. The fraction of sp³-hybridized carbons (Fsp3) is 0.486. The van der Waals surface area contributed by atoms with Crippen LogP contribution in [0.25, 0.3) is 17.2 Å². The minimum atomic E-state index is -3.74. The molecule has 4 rings (SSSR count). The van der Waals surface area contributed by atoms with E-state index in [0.29, 0.717) is 74.9 Å². The molecule has 0 radical (unpaired) electrons. The van der Waals surface area contributed by atoms with Crippen molar-refractivity contribution in [2.75, 3.05) is 45.8 Å². The van der Waals surface area contributed by atoms with Gasteiger partial charge in [-0.3, -0.25) is 4.79 Å². The minimum absolute atomic E-state index is 0.00645. The van der Waals surface area contributed by atoms with E-state index in [1.807, 2.05) is 44.2 Å². The number of hydrogen-bond donors (Lipinski definition) is 4. The highest BCUT2D eigenvalue weighted by Gasteiger charge is 2.37. The predicted octanol–water partition coefficient (Wildman–Crippen LogP) is 4.22. The van der Waals surface area contributed by atoms with Gasteiger partial charge in [0.1, 0.15) is 11.4 Å². The Morgan fingerprint density at radius 1 is 1.02 bits per heavy atom. The number of urea groups is 1. The second kappa shape index (κ2) is 16.3. The number of nitrogens with zero attached hydrogens (tertiary/aromatic N) is 3. The molecule has 1 saturated heterocycles. The molecule has 0 atom stereocenters. The molecular weight excluding hydrogens is 646 g/mol. The molecule has 13 nitrogen and oxygen atoms in total. The zero-order valence-corrected chi connectivity index (χ0v) is 29.9. The van der Waals surface area contributed by atoms with E-state index in [1.54, 1.807) is 43.9 Å². The van der Waals surface area contributed by atoms with Crippen LogP contribution in [0.3, 0.4) is 0 Å². The number of hydrogen-bond acceptors (Lipinski definition) is 8. The number of fused-ring (bicyclic) bond motifs is 1. The highest BCUT2D eigenvalue weighted by Crippen LogP contribution is 2.34. The maximum absolute atomic E-state index is 13.6. The topological polar surface area (TPSA) is 176 Å². The Labute approximate surface area is 289 Å². The van der Waals surface area contributed by atoms with Gasteiger partial charge in [-0.15, -0.1) is 0 Å². The summed E-state index contributed by atoms with van der Waals surface area (Å²) in [5, 5.41) is 8.19. The van der Waals surface area contributed by atoms with E-state index in [4.69, 9.17) is 10.5 Å². The Kier molecular flexibility index (Phi) is 12.4. The second-order valence-corrected chi connectivity index (χ2v) is 15.2. The van der Waals surface area contributed by atoms with E-state index in [1.165, 1.54) is 4.31 Å². The third kappa shape index (κ3) is 10.3. The molecular formula is C35H49N7O6S. The van der Waals surface area contributed by atoms with Crippen LogP contribution < -0.4 is 21.7 Å². The molecule has 266 valence electrons. The minimum Gasteiger partial charge on any atom is -0.444 e. The van der Waals surface area contributed by atoms with Crippen molar-refractivity contribution < 1.29 is 27.5 Å². The molecule has 49 heavy (non-hydrogen) atoms. The normalized spacial score (nSPS) is 15.1. The molecule has 0 aromatic heterocycles. The van der Waals surface area contributed by atoms with Crippen molar-refractivity contribution in [2.45, 2.75) is 64.4 Å². The number of nitrogens with one attached hydrogen (secondary N) is 3. The van der Waals surface area contributed by atoms with Crippen LogP contribution in [0.5, 0.6) is 0 Å². The standard InChI is InChI=1S/C35H49N7O6S/c1-6-15-41(16-9-14-38-33(44)37-7-2)32(43)28-17-27-13-12-26(19-30(27)40-31(36)20-28)25-10-8-11-29(18-25)49(46,47)42-22-24(23-42)21-39-34(45)48-35(3,4)5/h8,10-13,17-19,24H,6-7,9,14-16,20-23H2,1-5H3,(H2,36,40)(H,39,45)(H2,37,38,44). The molecule has 0 bridgehead atoms. The maximum atomic E-state index is 13.6. The molecule has 5 N–H and O–H groups in total. The fourth-order valence-corrected chi connectivity index (χ4v) is 7.20. The quantitative estimate of drug-likeness (QED) is 0.227. The molecule has 2 aliphatic rings. The van der Waals surface area contributed by atoms with Crippen LogP contribution in [0, 0.1) is 5.92 Å². The lowest BCUT2D eigenvalue weighted by molar-refractivity contribution is -0.127. The number of nitrogens with two attached hydrogens (primary N) is 1. The molecule has 14 heteroatoms. The fourth-order valence-electron chi connectivity index (χ4n) is 5.57. The van der Waals surface area contributed by atoms with E-state index < -0.39 is 21.7 Å². The number of benzene rings is 2. The summed E-state index contributed by atoms with van der Waals surface area (Å²) >= 11 is 0. The van der Waals surface area contributed by atoms with Gasteiger partial charge in [0.2, 0.25) is 15.9 Å². The Bertz CT molecular complexity index is 1690. The molecule has 2 heterocycles. The average Bonchev–Trinajstić information content (AvgIpc) is 3.18. The Hall–Kier alpha value is -4.43. The van der Waals surface area contributed by atoms with Gasteiger partial charge in [-0.05, 0) is 75.9 Å². The van der Waals surface area contributed by atoms with E-state index in [2.05, 4.69) is 20.9 Å². The van der Waals surface area contributed by atoms with Gasteiger partial charge >= 0.3 is 12.1 Å². The molecule has 2 aliphatic heterocycles. The van der Waals surface area contributed by atoms with Crippen molar-refractivity contribution in [3.05, 3.63) is 53.6 Å². The van der Waals surface area contributed by atoms with E-state index in [9.17, 15) is 22.8 Å². The predicted molar refractivity (Wildman–Crippen MR) is 191 cm³/mol. The number of aliphatic imine (C=N–C) groups is 1. The number of carbonyl (C=O) groups excluding carboxylic acids is 3. The van der Waals surface area contributed by atoms with Crippen LogP contribution in [0.2, 0.25) is 0 Å². The zero-order valence-electron chi connectivity index (χ0n) is 29.0. The van der Waals surface area contributed by atoms with E-state index >= 15 is 0 Å². The van der Waals surface area contributed by atoms with Crippen molar-refractivity contribution >= 4 is 45.7 Å². The summed E-state index contributed by atoms with van der Waals surface area (Å²) in [6, 6.07) is 12.1. The van der Waals surface area contributed by atoms with E-state index in [-0.39, 0.29) is 29.2 Å². The number of carbonyl (C=O) groups is 3. The summed E-state index contributed by atoms with van der Waals surface area (Å²) in [5.74, 6) is 0.171. The molecule has 1 fully saturated rings. The van der Waals surface area contributed by atoms with Crippen molar-refractivity contribution in [2.24, 2.45) is 16.6 Å². The van der Waals surface area contributed by atoms with Crippen molar-refractivity contribution in [3.8, 4) is 11.1 Å². The van der Waals surface area contributed by atoms with Crippen LogP contribution >= 0.6 is 0 Å². The highest BCUT2D eigenvalue weighted by atomic mass is 32.2. The smallest absolute Gasteiger partial charge is 0.407 e. The number of alkyl carbamates (subject to hydrolysis) is 1. The number of amidine groups is 1. The van der Waals surface area contributed by atoms with Crippen molar-refractivity contribution in [1.29, 1.82) is 0 Å². The number of amides is 4. The van der Waals surface area contributed by atoms with Crippen LogP contribution in [-0.2, 0) is 19.6 Å². The van der Waals surface area contributed by atoms with Crippen LogP contribution in [0.4, 0.5) is 15.3 Å². The number of rotatable bonds is 13. The summed E-state index contributed by atoms with van der Waals surface area (Å²) < 4.78 is 33.5. The summed E-state index contributed by atoms with van der Waals surface area (Å²) in [5.41, 5.74) is 9.00. The van der Waals surface area contributed by atoms with Gasteiger partial charge in [0, 0.05) is 69.3 Å². The van der Waals surface area contributed by atoms with Gasteiger partial charge in [-0.25, -0.2) is 23.0 Å². The molecule has 4 amide bonds. The summed E-state index contributed by atoms with van der Waals surface area (Å²) in [6.45, 7) is 12.2. The largest absolute Gasteiger partial charge is 0.444 e. The average molecular weight is 696 g/mol. The lowest BCUT2D eigenvalue weighted by Gasteiger charge is -2.38. The van der Waals surface area contributed by atoms with Gasteiger partial charge in [0.15, 0.2) is 0 Å². The lowest BCUT2D eigenvalue weighted by atomic mass is 10.0. The summed E-state index contributed by atoms with van der Waals surface area (Å²) in [7, 11) is -3.74. The van der Waals surface area contributed by atoms with Gasteiger partial charge in [0.05, 0.1) is 10.6 Å². The number of ether oxygens (including phenoxy) is 1. The SMILES string of the molecule is CCCN(CCCNC(=O)NCC)C(=O)C1=Cc2ccc(-c3cccc(S(=O)(=O)N4CC(CNC(=O)OC(C)(C)C)C4)c3)cc2N=C(N)C1. The molecule has 0 aliphatic carbocycles. The number of sulfonamides is 1. The highest BCUT2D eigenvalue weighted by molar-refractivity contribution is 7.89. The van der Waals surface area contributed by atoms with Gasteiger partial charge in [-0.2, -0.15) is 4.31 Å². The van der Waals surface area contributed by atoms with Crippen molar-refractivity contribution in [1.82, 2.24) is 25.2 Å². The Morgan fingerprint density at radius 3 is 2.45 bits per heavy atom. The Balaban J connectivity index is 1.44. The first-order valence-corrected chi connectivity index (χ1v) is 18.2. The molecule has 2 aromatic carbocycles. The first-order valence-electron chi connectivity index (χ1n) is 16.8. The Morgan fingerprint density at radius 2 is 1.76 bits per heavy atom. The lowest BCUT2D eigenvalue weighted by Crippen LogP contribution is -2.53. The molecule has 0 saturated carbocycles.